The Labute approximate surface area is 81.6 Å². The molecular formula is C11H8FNO. The van der Waals surface area contributed by atoms with Gasteiger partial charge in [-0.1, -0.05) is 11.8 Å². The molecule has 70 valence electrons. The summed E-state index contributed by atoms with van der Waals surface area (Å²) in [6.45, 7) is -0.0375. The maximum Gasteiger partial charge on any atom is 0.124 e. The van der Waals surface area contributed by atoms with Gasteiger partial charge in [-0.05, 0) is 18.2 Å². The molecule has 0 saturated carbocycles. The van der Waals surface area contributed by atoms with Crippen LogP contribution < -0.4 is 0 Å². The lowest BCUT2D eigenvalue weighted by molar-refractivity contribution is 0.305. The lowest BCUT2D eigenvalue weighted by Gasteiger charge is -1.94. The molecule has 0 atom stereocenters. The first kappa shape index (κ1) is 10.2. The molecule has 0 amide bonds. The van der Waals surface area contributed by atoms with Crippen LogP contribution in [0.4, 0.5) is 4.39 Å². The van der Waals surface area contributed by atoms with Crippen molar-refractivity contribution in [1.82, 2.24) is 0 Å². The second-order valence-corrected chi connectivity index (χ2v) is 2.58. The minimum Gasteiger partial charge on any atom is -0.395 e. The normalized spacial score (nSPS) is 8.64. The lowest BCUT2D eigenvalue weighted by Crippen LogP contribution is -1.86. The molecule has 2 nitrogen and oxygen atoms in total. The Bertz CT molecular complexity index is 423. The van der Waals surface area contributed by atoms with Gasteiger partial charge in [-0.2, -0.15) is 5.26 Å². The summed E-state index contributed by atoms with van der Waals surface area (Å²) in [6.07, 6.45) is 0.321. The molecule has 1 N–H and O–H groups in total. The Morgan fingerprint density at radius 3 is 2.79 bits per heavy atom. The minimum atomic E-state index is -0.419. The summed E-state index contributed by atoms with van der Waals surface area (Å²) in [5.74, 6) is 4.85. The summed E-state index contributed by atoms with van der Waals surface area (Å²) in [4.78, 5) is 0. The van der Waals surface area contributed by atoms with Crippen molar-refractivity contribution in [2.75, 3.05) is 6.61 Å². The van der Waals surface area contributed by atoms with Crippen molar-refractivity contribution < 1.29 is 9.50 Å². The third kappa shape index (κ3) is 2.58. The lowest BCUT2D eigenvalue weighted by atomic mass is 10.1. The van der Waals surface area contributed by atoms with Crippen LogP contribution in [0.5, 0.6) is 0 Å². The van der Waals surface area contributed by atoms with Crippen LogP contribution in [0.3, 0.4) is 0 Å². The zero-order chi connectivity index (χ0) is 10.4. The van der Waals surface area contributed by atoms with Crippen molar-refractivity contribution in [3.05, 3.63) is 35.1 Å². The molecule has 0 aliphatic carbocycles. The van der Waals surface area contributed by atoms with Gasteiger partial charge in [-0.3, -0.25) is 0 Å². The molecular weight excluding hydrogens is 181 g/mol. The number of nitriles is 1. The van der Waals surface area contributed by atoms with Gasteiger partial charge < -0.3 is 5.11 Å². The monoisotopic (exact) mass is 189 g/mol. The zero-order valence-electron chi connectivity index (χ0n) is 7.42. The molecule has 0 bridgehead atoms. The second kappa shape index (κ2) is 5.01. The number of rotatable bonds is 1. The fraction of sp³-hybridized carbons (Fsp3) is 0.182. The number of nitrogens with zero attached hydrogens (tertiary/aromatic N) is 1. The Morgan fingerprint density at radius 1 is 1.36 bits per heavy atom. The van der Waals surface area contributed by atoms with E-state index >= 15 is 0 Å². The summed E-state index contributed by atoms with van der Waals surface area (Å²) in [5, 5.41) is 17.2. The maximum absolute atomic E-state index is 12.8. The Balaban J connectivity index is 3.02. The summed E-state index contributed by atoms with van der Waals surface area (Å²) >= 11 is 0. The van der Waals surface area contributed by atoms with Gasteiger partial charge in [0.25, 0.3) is 0 Å². The van der Waals surface area contributed by atoms with E-state index in [0.717, 1.165) is 0 Å². The van der Waals surface area contributed by atoms with Crippen LogP contribution in [-0.2, 0) is 0 Å². The van der Waals surface area contributed by atoms with Crippen molar-refractivity contribution in [1.29, 1.82) is 5.26 Å². The number of hydrogen-bond donors (Lipinski definition) is 1. The molecule has 0 spiro atoms. The maximum atomic E-state index is 12.8. The smallest absolute Gasteiger partial charge is 0.124 e. The molecule has 0 aliphatic rings. The minimum absolute atomic E-state index is 0.0375. The van der Waals surface area contributed by atoms with E-state index < -0.39 is 5.82 Å². The molecule has 0 heterocycles. The predicted molar refractivity (Wildman–Crippen MR) is 49.7 cm³/mol. The van der Waals surface area contributed by atoms with Gasteiger partial charge in [-0.15, -0.1) is 0 Å². The first-order chi connectivity index (χ1) is 6.77. The van der Waals surface area contributed by atoms with Crippen molar-refractivity contribution in [3.63, 3.8) is 0 Å². The molecule has 1 aromatic carbocycles. The highest BCUT2D eigenvalue weighted by Gasteiger charge is 1.99. The van der Waals surface area contributed by atoms with Crippen molar-refractivity contribution >= 4 is 0 Å². The molecule has 3 heteroatoms. The van der Waals surface area contributed by atoms with Gasteiger partial charge in [0.2, 0.25) is 0 Å². The average molecular weight is 189 g/mol. The molecule has 1 aromatic rings. The molecule has 0 aromatic heterocycles. The summed E-state index contributed by atoms with van der Waals surface area (Å²) in [6, 6.07) is 5.73. The SMILES string of the molecule is N#Cc1ccc(F)cc1C#CCCO. The fourth-order valence-electron chi connectivity index (χ4n) is 0.931. The molecule has 14 heavy (non-hydrogen) atoms. The van der Waals surface area contributed by atoms with Gasteiger partial charge in [0, 0.05) is 12.0 Å². The summed E-state index contributed by atoms with van der Waals surface area (Å²) in [7, 11) is 0. The summed E-state index contributed by atoms with van der Waals surface area (Å²) in [5.41, 5.74) is 0.706. The molecule has 0 radical (unpaired) electrons. The van der Waals surface area contributed by atoms with E-state index in [4.69, 9.17) is 10.4 Å². The van der Waals surface area contributed by atoms with Gasteiger partial charge in [0.1, 0.15) is 11.9 Å². The third-order valence-electron chi connectivity index (χ3n) is 1.56. The molecule has 0 aliphatic heterocycles. The second-order valence-electron chi connectivity index (χ2n) is 2.58. The van der Waals surface area contributed by atoms with Crippen LogP contribution in [0.1, 0.15) is 17.5 Å². The van der Waals surface area contributed by atoms with E-state index in [-0.39, 0.29) is 6.61 Å². The zero-order valence-corrected chi connectivity index (χ0v) is 7.42. The Morgan fingerprint density at radius 2 is 2.14 bits per heavy atom. The van der Waals surface area contributed by atoms with Crippen LogP contribution in [0.2, 0.25) is 0 Å². The van der Waals surface area contributed by atoms with Crippen LogP contribution >= 0.6 is 0 Å². The molecule has 0 unspecified atom stereocenters. The van der Waals surface area contributed by atoms with E-state index in [1.54, 1.807) is 0 Å². The van der Waals surface area contributed by atoms with Gasteiger partial charge in [0.05, 0.1) is 12.2 Å². The Kier molecular flexibility index (Phi) is 3.67. The average Bonchev–Trinajstić information content (AvgIpc) is 2.19. The van der Waals surface area contributed by atoms with E-state index in [1.165, 1.54) is 18.2 Å². The van der Waals surface area contributed by atoms with Crippen molar-refractivity contribution in [3.8, 4) is 17.9 Å². The fourth-order valence-corrected chi connectivity index (χ4v) is 0.931. The third-order valence-corrected chi connectivity index (χ3v) is 1.56. The van der Waals surface area contributed by atoms with E-state index in [2.05, 4.69) is 11.8 Å². The molecule has 0 fully saturated rings. The van der Waals surface area contributed by atoms with Gasteiger partial charge in [0.15, 0.2) is 0 Å². The van der Waals surface area contributed by atoms with Crippen LogP contribution in [-0.4, -0.2) is 11.7 Å². The molecule has 1 rings (SSSR count). The number of aliphatic hydroxyl groups is 1. The number of halogens is 1. The van der Waals surface area contributed by atoms with Gasteiger partial charge >= 0.3 is 0 Å². The van der Waals surface area contributed by atoms with E-state index in [0.29, 0.717) is 17.5 Å². The van der Waals surface area contributed by atoms with E-state index in [1.807, 2.05) is 6.07 Å². The highest BCUT2D eigenvalue weighted by Crippen LogP contribution is 2.08. The van der Waals surface area contributed by atoms with Crippen LogP contribution in [0, 0.1) is 29.0 Å². The summed E-state index contributed by atoms with van der Waals surface area (Å²) < 4.78 is 12.8. The largest absolute Gasteiger partial charge is 0.395 e. The molecule has 0 saturated heterocycles. The number of benzene rings is 1. The quantitative estimate of drug-likeness (QED) is 0.679. The number of hydrogen-bond acceptors (Lipinski definition) is 2. The van der Waals surface area contributed by atoms with Crippen LogP contribution in [0.15, 0.2) is 18.2 Å². The topological polar surface area (TPSA) is 44.0 Å². The highest BCUT2D eigenvalue weighted by molar-refractivity contribution is 5.47. The number of aliphatic hydroxyl groups excluding tert-OH is 1. The standard InChI is InChI=1S/C11H8FNO/c12-11-5-4-10(8-13)9(7-11)3-1-2-6-14/h4-5,7,14H,2,6H2. The van der Waals surface area contributed by atoms with Crippen molar-refractivity contribution in [2.45, 2.75) is 6.42 Å². The first-order valence-electron chi connectivity index (χ1n) is 4.07. The Hall–Kier alpha value is -1.84. The van der Waals surface area contributed by atoms with Crippen molar-refractivity contribution in [2.24, 2.45) is 0 Å². The predicted octanol–water partition coefficient (Wildman–Crippen LogP) is 1.43. The first-order valence-corrected chi connectivity index (χ1v) is 4.07. The highest BCUT2D eigenvalue weighted by atomic mass is 19.1. The van der Waals surface area contributed by atoms with E-state index in [9.17, 15) is 4.39 Å². The van der Waals surface area contributed by atoms with Gasteiger partial charge in [-0.25, -0.2) is 4.39 Å². The van der Waals surface area contributed by atoms with Crippen LogP contribution in [0.25, 0.3) is 0 Å².